The Hall–Kier alpha value is -4.23. The van der Waals surface area contributed by atoms with Gasteiger partial charge in [0.05, 0.1) is 11.3 Å². The fraction of sp³-hybridized carbons (Fsp3) is 0.207. The van der Waals surface area contributed by atoms with Crippen molar-refractivity contribution in [3.8, 4) is 28.3 Å². The molecule has 6 rings (SSSR count). The standard InChI is InChI=1S/C29H29N7/c1-35(2)21-10-6-19(7-11-21)24-14-15-25-28(33-24)36(27(34-25)23-5-3-18-32-26(23)30)22-12-8-20(9-13-22)29(31)16-4-17-29/h3,5-15,18H,4,16-17,31H2,1-2H3,(H2,30,32). The van der Waals surface area contributed by atoms with Crippen LogP contribution >= 0.6 is 0 Å². The molecular formula is C29H29N7. The van der Waals surface area contributed by atoms with Gasteiger partial charge in [-0.25, -0.2) is 15.0 Å². The van der Waals surface area contributed by atoms with Crippen LogP contribution in [0.25, 0.3) is 39.5 Å². The number of nitrogen functional groups attached to an aromatic ring is 1. The van der Waals surface area contributed by atoms with Crippen molar-refractivity contribution in [3.05, 3.63) is 84.6 Å². The van der Waals surface area contributed by atoms with Gasteiger partial charge in [0.1, 0.15) is 11.3 Å². The van der Waals surface area contributed by atoms with Crippen LogP contribution in [0.5, 0.6) is 0 Å². The van der Waals surface area contributed by atoms with Crippen LogP contribution in [-0.2, 0) is 5.54 Å². The van der Waals surface area contributed by atoms with Gasteiger partial charge in [0.15, 0.2) is 11.5 Å². The lowest BCUT2D eigenvalue weighted by Crippen LogP contribution is -2.43. The minimum Gasteiger partial charge on any atom is -0.383 e. The van der Waals surface area contributed by atoms with Gasteiger partial charge in [-0.1, -0.05) is 24.3 Å². The first kappa shape index (κ1) is 22.2. The van der Waals surface area contributed by atoms with Crippen LogP contribution in [0.4, 0.5) is 11.5 Å². The topological polar surface area (TPSA) is 98.9 Å². The zero-order chi connectivity index (χ0) is 24.9. The first-order valence-electron chi connectivity index (χ1n) is 12.2. The average molecular weight is 476 g/mol. The SMILES string of the molecule is CN(C)c1ccc(-c2ccc3nc(-c4cccnc4N)n(-c4ccc(C5(N)CCC5)cc4)c3n2)cc1. The molecule has 1 aliphatic rings. The molecule has 2 aromatic carbocycles. The number of nitrogens with two attached hydrogens (primary N) is 2. The summed E-state index contributed by atoms with van der Waals surface area (Å²) >= 11 is 0. The lowest BCUT2D eigenvalue weighted by molar-refractivity contribution is 0.253. The Morgan fingerprint density at radius 3 is 2.28 bits per heavy atom. The van der Waals surface area contributed by atoms with Gasteiger partial charge in [0, 0.05) is 42.8 Å². The predicted octanol–water partition coefficient (Wildman–Crippen LogP) is 5.14. The molecule has 3 heterocycles. The van der Waals surface area contributed by atoms with Gasteiger partial charge in [0.25, 0.3) is 0 Å². The second kappa shape index (κ2) is 8.46. The van der Waals surface area contributed by atoms with E-state index in [1.165, 1.54) is 12.0 Å². The first-order valence-corrected chi connectivity index (χ1v) is 12.2. The molecule has 0 aliphatic heterocycles. The van der Waals surface area contributed by atoms with Crippen LogP contribution in [0.1, 0.15) is 24.8 Å². The van der Waals surface area contributed by atoms with Crippen molar-refractivity contribution in [1.29, 1.82) is 0 Å². The molecule has 1 saturated carbocycles. The number of nitrogens with zero attached hydrogens (tertiary/aromatic N) is 5. The highest BCUT2D eigenvalue weighted by molar-refractivity contribution is 5.84. The summed E-state index contributed by atoms with van der Waals surface area (Å²) in [5, 5.41) is 0. The fourth-order valence-electron chi connectivity index (χ4n) is 4.87. The second-order valence-corrected chi connectivity index (χ2v) is 9.74. The van der Waals surface area contributed by atoms with Gasteiger partial charge in [-0.05, 0) is 73.4 Å². The molecule has 7 heteroatoms. The maximum atomic E-state index is 6.58. The molecule has 0 radical (unpaired) electrons. The van der Waals surface area contributed by atoms with Gasteiger partial charge in [-0.2, -0.15) is 0 Å². The van der Waals surface area contributed by atoms with Crippen molar-refractivity contribution in [3.63, 3.8) is 0 Å². The van der Waals surface area contributed by atoms with Crippen molar-refractivity contribution < 1.29 is 0 Å². The number of imidazole rings is 1. The van der Waals surface area contributed by atoms with E-state index in [-0.39, 0.29) is 5.54 Å². The Balaban J connectivity index is 1.52. The highest BCUT2D eigenvalue weighted by Gasteiger charge is 2.34. The fourth-order valence-corrected chi connectivity index (χ4v) is 4.87. The van der Waals surface area contributed by atoms with Crippen LogP contribution in [0, 0.1) is 0 Å². The lowest BCUT2D eigenvalue weighted by atomic mass is 9.73. The highest BCUT2D eigenvalue weighted by Crippen LogP contribution is 2.39. The third-order valence-corrected chi connectivity index (χ3v) is 7.21. The van der Waals surface area contributed by atoms with Crippen molar-refractivity contribution in [2.45, 2.75) is 24.8 Å². The van der Waals surface area contributed by atoms with E-state index in [9.17, 15) is 0 Å². The predicted molar refractivity (Wildman–Crippen MR) is 146 cm³/mol. The zero-order valence-electron chi connectivity index (χ0n) is 20.5. The van der Waals surface area contributed by atoms with Crippen LogP contribution < -0.4 is 16.4 Å². The molecule has 0 amide bonds. The summed E-state index contributed by atoms with van der Waals surface area (Å²) in [6.45, 7) is 0. The monoisotopic (exact) mass is 475 g/mol. The van der Waals surface area contributed by atoms with Crippen LogP contribution in [0.3, 0.4) is 0 Å². The Bertz CT molecular complexity index is 1550. The molecule has 0 atom stereocenters. The lowest BCUT2D eigenvalue weighted by Gasteiger charge is -2.38. The minimum atomic E-state index is -0.212. The summed E-state index contributed by atoms with van der Waals surface area (Å²) in [5.41, 5.74) is 20.2. The number of hydrogen-bond donors (Lipinski definition) is 2. The summed E-state index contributed by atoms with van der Waals surface area (Å²) in [6.07, 6.45) is 4.91. The number of pyridine rings is 2. The molecular weight excluding hydrogens is 446 g/mol. The number of benzene rings is 2. The second-order valence-electron chi connectivity index (χ2n) is 9.74. The molecule has 0 spiro atoms. The third kappa shape index (κ3) is 3.69. The van der Waals surface area contributed by atoms with E-state index in [4.69, 9.17) is 21.4 Å². The largest absolute Gasteiger partial charge is 0.383 e. The van der Waals surface area contributed by atoms with Crippen LogP contribution in [0.15, 0.2) is 79.0 Å². The molecule has 4 N–H and O–H groups in total. The summed E-state index contributed by atoms with van der Waals surface area (Å²) in [6, 6.07) is 24.7. The molecule has 0 bridgehead atoms. The van der Waals surface area contributed by atoms with Crippen molar-refractivity contribution in [2.75, 3.05) is 24.7 Å². The van der Waals surface area contributed by atoms with Gasteiger partial charge >= 0.3 is 0 Å². The summed E-state index contributed by atoms with van der Waals surface area (Å²) in [4.78, 5) is 16.4. The Morgan fingerprint density at radius 1 is 0.889 bits per heavy atom. The normalized spacial score (nSPS) is 14.5. The molecule has 36 heavy (non-hydrogen) atoms. The van der Waals surface area contributed by atoms with E-state index in [1.807, 2.05) is 38.4 Å². The van der Waals surface area contributed by atoms with Gasteiger partial charge in [0.2, 0.25) is 0 Å². The number of aromatic nitrogens is 4. The van der Waals surface area contributed by atoms with E-state index >= 15 is 0 Å². The molecule has 7 nitrogen and oxygen atoms in total. The maximum absolute atomic E-state index is 6.58. The Labute approximate surface area is 210 Å². The van der Waals surface area contributed by atoms with Gasteiger partial charge < -0.3 is 16.4 Å². The Kier molecular flexibility index (Phi) is 5.23. The van der Waals surface area contributed by atoms with E-state index in [0.29, 0.717) is 11.6 Å². The number of hydrogen-bond acceptors (Lipinski definition) is 6. The van der Waals surface area contributed by atoms with E-state index in [0.717, 1.165) is 52.2 Å². The molecule has 180 valence electrons. The average Bonchev–Trinajstić information content (AvgIpc) is 3.26. The number of anilines is 2. The van der Waals surface area contributed by atoms with E-state index in [2.05, 4.69) is 63.0 Å². The molecule has 3 aromatic heterocycles. The van der Waals surface area contributed by atoms with Crippen molar-refractivity contribution >= 4 is 22.7 Å². The molecule has 5 aromatic rings. The molecule has 0 saturated heterocycles. The quantitative estimate of drug-likeness (QED) is 0.365. The summed E-state index contributed by atoms with van der Waals surface area (Å²) in [5.74, 6) is 1.14. The minimum absolute atomic E-state index is 0.212. The number of rotatable bonds is 5. The van der Waals surface area contributed by atoms with E-state index in [1.54, 1.807) is 6.20 Å². The van der Waals surface area contributed by atoms with Crippen molar-refractivity contribution in [2.24, 2.45) is 5.73 Å². The molecule has 1 fully saturated rings. The molecule has 0 unspecified atom stereocenters. The smallest absolute Gasteiger partial charge is 0.165 e. The zero-order valence-corrected chi connectivity index (χ0v) is 20.5. The Morgan fingerprint density at radius 2 is 1.64 bits per heavy atom. The van der Waals surface area contributed by atoms with Gasteiger partial charge in [-0.15, -0.1) is 0 Å². The van der Waals surface area contributed by atoms with Crippen molar-refractivity contribution in [1.82, 2.24) is 19.5 Å². The van der Waals surface area contributed by atoms with Crippen LogP contribution in [0.2, 0.25) is 0 Å². The maximum Gasteiger partial charge on any atom is 0.165 e. The summed E-state index contributed by atoms with van der Waals surface area (Å²) < 4.78 is 2.06. The molecule has 1 aliphatic carbocycles. The van der Waals surface area contributed by atoms with E-state index < -0.39 is 0 Å². The summed E-state index contributed by atoms with van der Waals surface area (Å²) in [7, 11) is 4.07. The third-order valence-electron chi connectivity index (χ3n) is 7.21. The highest BCUT2D eigenvalue weighted by atomic mass is 15.1. The number of fused-ring (bicyclic) bond motifs is 1. The van der Waals surface area contributed by atoms with Gasteiger partial charge in [-0.3, -0.25) is 4.57 Å². The first-order chi connectivity index (χ1) is 17.4. The van der Waals surface area contributed by atoms with Crippen LogP contribution in [-0.4, -0.2) is 33.6 Å².